The summed E-state index contributed by atoms with van der Waals surface area (Å²) in [6.07, 6.45) is -1.09. The van der Waals surface area contributed by atoms with E-state index in [1.54, 1.807) is 6.08 Å². The fourth-order valence-electron chi connectivity index (χ4n) is 5.78. The summed E-state index contributed by atoms with van der Waals surface area (Å²) in [5, 5.41) is 25.8. The minimum absolute atomic E-state index is 0.635. The highest BCUT2D eigenvalue weighted by Gasteiger charge is 2.59. The zero-order valence-electron chi connectivity index (χ0n) is 22.6. The maximum absolute atomic E-state index is 12.9. The van der Waals surface area contributed by atoms with Crippen LogP contribution in [-0.2, 0) is 20.7 Å². The van der Waals surface area contributed by atoms with Gasteiger partial charge >= 0.3 is 0 Å². The number of hydrogen-bond acceptors (Lipinski definition) is 4. The molecular formula is C37H32O4. The van der Waals surface area contributed by atoms with Crippen LogP contribution < -0.4 is 0 Å². The van der Waals surface area contributed by atoms with Gasteiger partial charge in [-0.05, 0) is 27.8 Å². The van der Waals surface area contributed by atoms with Crippen LogP contribution in [-0.4, -0.2) is 22.4 Å². The van der Waals surface area contributed by atoms with E-state index in [1.165, 1.54) is 0 Å². The van der Waals surface area contributed by atoms with E-state index in [2.05, 4.69) is 6.58 Å². The van der Waals surface area contributed by atoms with E-state index >= 15 is 0 Å². The molecule has 0 radical (unpaired) electrons. The molecule has 5 aromatic carbocycles. The quantitative estimate of drug-likeness (QED) is 0.223. The average Bonchev–Trinajstić information content (AvgIpc) is 3.52. The van der Waals surface area contributed by atoms with E-state index < -0.39 is 29.7 Å². The molecule has 4 heteroatoms. The Labute approximate surface area is 240 Å². The fraction of sp³-hybridized carbons (Fsp3) is 0.135. The fourth-order valence-corrected chi connectivity index (χ4v) is 5.78. The highest BCUT2D eigenvalue weighted by Crippen LogP contribution is 2.50. The summed E-state index contributed by atoms with van der Waals surface area (Å²) in [5.74, 6) is 0. The molecule has 1 heterocycles. The van der Waals surface area contributed by atoms with Crippen molar-refractivity contribution in [2.45, 2.75) is 29.7 Å². The van der Waals surface area contributed by atoms with Gasteiger partial charge < -0.3 is 19.7 Å². The molecule has 1 fully saturated rings. The third-order valence-electron chi connectivity index (χ3n) is 7.94. The van der Waals surface area contributed by atoms with Gasteiger partial charge in [0.15, 0.2) is 6.29 Å². The Balaban J connectivity index is 1.58. The first kappa shape index (κ1) is 26.9. The molecule has 6 rings (SSSR count). The van der Waals surface area contributed by atoms with Crippen molar-refractivity contribution in [3.05, 3.63) is 186 Å². The van der Waals surface area contributed by atoms with Crippen molar-refractivity contribution < 1.29 is 19.7 Å². The van der Waals surface area contributed by atoms with Crippen LogP contribution in [0.3, 0.4) is 0 Å². The Morgan fingerprint density at radius 3 is 1.10 bits per heavy atom. The monoisotopic (exact) mass is 540 g/mol. The summed E-state index contributed by atoms with van der Waals surface area (Å²) in [6, 6.07) is 45.5. The topological polar surface area (TPSA) is 58.9 Å². The van der Waals surface area contributed by atoms with Gasteiger partial charge in [0.2, 0.25) is 0 Å². The highest BCUT2D eigenvalue weighted by molar-refractivity contribution is 5.48. The summed E-state index contributed by atoms with van der Waals surface area (Å²) in [4.78, 5) is 0. The van der Waals surface area contributed by atoms with Gasteiger partial charge in [0, 0.05) is 5.56 Å². The largest absolute Gasteiger partial charge is 0.378 e. The lowest BCUT2D eigenvalue weighted by molar-refractivity contribution is -0.110. The zero-order chi connectivity index (χ0) is 28.3. The molecule has 1 saturated heterocycles. The standard InChI is InChI=1S/C37H32O4/c1-2-27-23-25-28(26-24-27)35-40-33(36(38,29-15-7-3-8-16-29)30-17-9-4-10-18-30)34(41-35)37(39,31-19-11-5-12-20-31)32-21-13-6-14-22-32/h2-26,33-35,38-39H,1H2/t33-,34-/m1/s1. The number of rotatable bonds is 8. The van der Waals surface area contributed by atoms with Crippen molar-refractivity contribution in [1.82, 2.24) is 0 Å². The smallest absolute Gasteiger partial charge is 0.185 e. The molecule has 0 spiro atoms. The third kappa shape index (κ3) is 4.82. The van der Waals surface area contributed by atoms with Gasteiger partial charge in [0.25, 0.3) is 0 Å². The summed E-state index contributed by atoms with van der Waals surface area (Å²) in [7, 11) is 0. The van der Waals surface area contributed by atoms with E-state index in [4.69, 9.17) is 9.47 Å². The molecule has 0 bridgehead atoms. The average molecular weight is 541 g/mol. The second-order valence-corrected chi connectivity index (χ2v) is 10.3. The Kier molecular flexibility index (Phi) is 7.39. The van der Waals surface area contributed by atoms with Crippen molar-refractivity contribution in [2.75, 3.05) is 0 Å². The van der Waals surface area contributed by atoms with Crippen molar-refractivity contribution in [2.24, 2.45) is 0 Å². The Hall–Kier alpha value is -4.32. The van der Waals surface area contributed by atoms with E-state index in [9.17, 15) is 10.2 Å². The lowest BCUT2D eigenvalue weighted by atomic mass is 9.72. The maximum Gasteiger partial charge on any atom is 0.185 e. The molecule has 1 aliphatic rings. The van der Waals surface area contributed by atoms with Crippen LogP contribution in [0, 0.1) is 0 Å². The lowest BCUT2D eigenvalue weighted by Crippen LogP contribution is -2.54. The van der Waals surface area contributed by atoms with E-state index in [1.807, 2.05) is 146 Å². The van der Waals surface area contributed by atoms with Gasteiger partial charge in [0.1, 0.15) is 23.4 Å². The molecule has 0 aromatic heterocycles. The molecule has 0 aliphatic carbocycles. The molecule has 5 aromatic rings. The predicted molar refractivity (Wildman–Crippen MR) is 161 cm³/mol. The first-order valence-electron chi connectivity index (χ1n) is 13.8. The Morgan fingerprint density at radius 2 is 0.805 bits per heavy atom. The maximum atomic E-state index is 12.9. The molecule has 1 aliphatic heterocycles. The van der Waals surface area contributed by atoms with Crippen molar-refractivity contribution in [3.63, 3.8) is 0 Å². The third-order valence-corrected chi connectivity index (χ3v) is 7.94. The van der Waals surface area contributed by atoms with E-state index in [0.29, 0.717) is 22.3 Å². The van der Waals surface area contributed by atoms with Gasteiger partial charge in [-0.15, -0.1) is 0 Å². The van der Waals surface area contributed by atoms with E-state index in [-0.39, 0.29) is 0 Å². The van der Waals surface area contributed by atoms with Gasteiger partial charge in [0.05, 0.1) is 0 Å². The zero-order valence-corrected chi connectivity index (χ0v) is 22.6. The summed E-state index contributed by atoms with van der Waals surface area (Å²) >= 11 is 0. The van der Waals surface area contributed by atoms with Gasteiger partial charge in [-0.1, -0.05) is 158 Å². The number of ether oxygens (including phenoxy) is 2. The van der Waals surface area contributed by atoms with Crippen LogP contribution in [0.25, 0.3) is 6.08 Å². The minimum Gasteiger partial charge on any atom is -0.378 e. The van der Waals surface area contributed by atoms with Crippen molar-refractivity contribution in [3.8, 4) is 0 Å². The van der Waals surface area contributed by atoms with Crippen LogP contribution in [0.1, 0.15) is 39.7 Å². The van der Waals surface area contributed by atoms with Crippen LogP contribution in [0.5, 0.6) is 0 Å². The molecule has 0 saturated carbocycles. The number of benzene rings is 5. The second-order valence-electron chi connectivity index (χ2n) is 10.3. The number of aliphatic hydroxyl groups is 2. The van der Waals surface area contributed by atoms with Gasteiger partial charge in [-0.3, -0.25) is 0 Å². The van der Waals surface area contributed by atoms with Crippen LogP contribution in [0.4, 0.5) is 0 Å². The first-order valence-corrected chi connectivity index (χ1v) is 13.8. The highest BCUT2D eigenvalue weighted by atomic mass is 16.7. The Morgan fingerprint density at radius 1 is 0.488 bits per heavy atom. The Bertz CT molecular complexity index is 1390. The molecule has 4 nitrogen and oxygen atoms in total. The van der Waals surface area contributed by atoms with Crippen LogP contribution in [0.2, 0.25) is 0 Å². The summed E-state index contributed by atoms with van der Waals surface area (Å²) in [6.45, 7) is 3.85. The molecule has 204 valence electrons. The van der Waals surface area contributed by atoms with Crippen LogP contribution in [0.15, 0.2) is 152 Å². The summed E-state index contributed by atoms with van der Waals surface area (Å²) in [5.41, 5.74) is 0.949. The van der Waals surface area contributed by atoms with E-state index in [0.717, 1.165) is 11.1 Å². The predicted octanol–water partition coefficient (Wildman–Crippen LogP) is 6.98. The molecule has 41 heavy (non-hydrogen) atoms. The first-order chi connectivity index (χ1) is 20.0. The van der Waals surface area contributed by atoms with Crippen molar-refractivity contribution in [1.29, 1.82) is 0 Å². The SMILES string of the molecule is C=Cc1ccc(C2O[C@@H](C(O)(c3ccccc3)c3ccccc3)[C@H](C(O)(c3ccccc3)c3ccccc3)O2)cc1. The summed E-state index contributed by atoms with van der Waals surface area (Å²) < 4.78 is 13.5. The lowest BCUT2D eigenvalue weighted by Gasteiger charge is -2.42. The van der Waals surface area contributed by atoms with Crippen LogP contribution >= 0.6 is 0 Å². The number of hydrogen-bond donors (Lipinski definition) is 2. The molecule has 0 unspecified atom stereocenters. The normalized spacial score (nSPS) is 17.8. The molecule has 2 N–H and O–H groups in total. The molecule has 0 amide bonds. The minimum atomic E-state index is -1.67. The second kappa shape index (κ2) is 11.3. The van der Waals surface area contributed by atoms with Crippen molar-refractivity contribution >= 4 is 6.08 Å². The van der Waals surface area contributed by atoms with Gasteiger partial charge in [-0.2, -0.15) is 0 Å². The molecule has 2 atom stereocenters. The molecular weight excluding hydrogens is 508 g/mol. The van der Waals surface area contributed by atoms with Gasteiger partial charge in [-0.25, -0.2) is 0 Å².